The monoisotopic (exact) mass is 373 g/mol. The third-order valence-electron chi connectivity index (χ3n) is 5.17. The van der Waals surface area contributed by atoms with E-state index < -0.39 is 0 Å². The maximum atomic E-state index is 13.0. The lowest BCUT2D eigenvalue weighted by Crippen LogP contribution is -2.53. The summed E-state index contributed by atoms with van der Waals surface area (Å²) < 4.78 is 18.7. The van der Waals surface area contributed by atoms with E-state index in [0.717, 1.165) is 39.0 Å². The molecule has 1 N–H and O–H groups in total. The Kier molecular flexibility index (Phi) is 5.18. The van der Waals surface area contributed by atoms with Gasteiger partial charge in [-0.2, -0.15) is 0 Å². The van der Waals surface area contributed by atoms with Crippen molar-refractivity contribution in [1.82, 2.24) is 25.3 Å². The van der Waals surface area contributed by atoms with Crippen LogP contribution in [-0.4, -0.2) is 64.2 Å². The molecule has 1 saturated heterocycles. The fraction of sp³-hybridized carbons (Fsp3) is 0.526. The number of hydrogen-bond donors (Lipinski definition) is 1. The first-order chi connectivity index (χ1) is 13.1. The Morgan fingerprint density at radius 3 is 2.59 bits per heavy atom. The van der Waals surface area contributed by atoms with Gasteiger partial charge in [0.05, 0.1) is 12.6 Å². The van der Waals surface area contributed by atoms with Crippen LogP contribution in [0.1, 0.15) is 25.7 Å². The van der Waals surface area contributed by atoms with E-state index in [1.807, 2.05) is 6.92 Å². The molecule has 0 bridgehead atoms. The average Bonchev–Trinajstić information content (AvgIpc) is 3.37. The summed E-state index contributed by atoms with van der Waals surface area (Å²) in [5.74, 6) is 0.777. The SMILES string of the molecule is C[C@@H](C(=O)NC1CC1)N1CCN(Cc2nnc(-c3ccc(F)cc3)o2)CC1. The molecule has 8 heteroatoms. The minimum absolute atomic E-state index is 0.0961. The number of piperazine rings is 1. The van der Waals surface area contributed by atoms with Gasteiger partial charge in [0.15, 0.2) is 0 Å². The Bertz CT molecular complexity index is 782. The highest BCUT2D eigenvalue weighted by Gasteiger charge is 2.30. The van der Waals surface area contributed by atoms with E-state index in [0.29, 0.717) is 29.9 Å². The summed E-state index contributed by atoms with van der Waals surface area (Å²) in [4.78, 5) is 16.7. The van der Waals surface area contributed by atoms with Crippen molar-refractivity contribution in [3.8, 4) is 11.5 Å². The number of nitrogens with zero attached hydrogens (tertiary/aromatic N) is 4. The number of rotatable bonds is 6. The highest BCUT2D eigenvalue weighted by Crippen LogP contribution is 2.20. The molecule has 1 aliphatic heterocycles. The summed E-state index contributed by atoms with van der Waals surface area (Å²) in [5.41, 5.74) is 0.704. The molecule has 2 fully saturated rings. The zero-order chi connectivity index (χ0) is 18.8. The molecule has 4 rings (SSSR count). The molecule has 2 aromatic rings. The van der Waals surface area contributed by atoms with Crippen molar-refractivity contribution in [3.63, 3.8) is 0 Å². The molecule has 1 aromatic carbocycles. The number of benzene rings is 1. The third kappa shape index (κ3) is 4.51. The lowest BCUT2D eigenvalue weighted by Gasteiger charge is -2.36. The molecular formula is C19H24FN5O2. The van der Waals surface area contributed by atoms with Gasteiger partial charge in [0.25, 0.3) is 0 Å². The van der Waals surface area contributed by atoms with E-state index in [2.05, 4.69) is 25.3 Å². The van der Waals surface area contributed by atoms with Gasteiger partial charge in [-0.1, -0.05) is 0 Å². The van der Waals surface area contributed by atoms with E-state index in [-0.39, 0.29) is 17.8 Å². The smallest absolute Gasteiger partial charge is 0.247 e. The van der Waals surface area contributed by atoms with Crippen molar-refractivity contribution in [3.05, 3.63) is 36.0 Å². The van der Waals surface area contributed by atoms with Crippen molar-refractivity contribution in [2.24, 2.45) is 0 Å². The molecule has 1 aliphatic carbocycles. The van der Waals surface area contributed by atoms with Crippen LogP contribution in [0.5, 0.6) is 0 Å². The predicted molar refractivity (Wildman–Crippen MR) is 97.2 cm³/mol. The van der Waals surface area contributed by atoms with Gasteiger partial charge in [-0.25, -0.2) is 4.39 Å². The predicted octanol–water partition coefficient (Wildman–Crippen LogP) is 1.66. The van der Waals surface area contributed by atoms with Crippen molar-refractivity contribution in [2.45, 2.75) is 38.4 Å². The van der Waals surface area contributed by atoms with Crippen molar-refractivity contribution in [1.29, 1.82) is 0 Å². The Morgan fingerprint density at radius 2 is 1.93 bits per heavy atom. The van der Waals surface area contributed by atoms with Crippen LogP contribution >= 0.6 is 0 Å². The number of carbonyl (C=O) groups is 1. The van der Waals surface area contributed by atoms with Crippen LogP contribution < -0.4 is 5.32 Å². The van der Waals surface area contributed by atoms with Crippen LogP contribution in [0, 0.1) is 5.82 Å². The number of hydrogen-bond acceptors (Lipinski definition) is 6. The zero-order valence-electron chi connectivity index (χ0n) is 15.4. The lowest BCUT2D eigenvalue weighted by atomic mass is 10.2. The van der Waals surface area contributed by atoms with E-state index in [4.69, 9.17) is 4.42 Å². The van der Waals surface area contributed by atoms with Crippen LogP contribution in [0.3, 0.4) is 0 Å². The van der Waals surface area contributed by atoms with Gasteiger partial charge in [0.1, 0.15) is 5.82 Å². The first kappa shape index (κ1) is 18.1. The molecule has 1 aromatic heterocycles. The summed E-state index contributed by atoms with van der Waals surface area (Å²) >= 11 is 0. The van der Waals surface area contributed by atoms with Crippen LogP contribution in [0.15, 0.2) is 28.7 Å². The molecule has 0 spiro atoms. The Balaban J connectivity index is 1.28. The maximum Gasteiger partial charge on any atom is 0.247 e. The molecule has 27 heavy (non-hydrogen) atoms. The Hall–Kier alpha value is -2.32. The van der Waals surface area contributed by atoms with E-state index in [1.165, 1.54) is 12.1 Å². The van der Waals surface area contributed by atoms with Crippen molar-refractivity contribution >= 4 is 5.91 Å². The second kappa shape index (κ2) is 7.74. The van der Waals surface area contributed by atoms with Gasteiger partial charge < -0.3 is 9.73 Å². The van der Waals surface area contributed by atoms with Crippen LogP contribution in [-0.2, 0) is 11.3 Å². The highest BCUT2D eigenvalue weighted by atomic mass is 19.1. The van der Waals surface area contributed by atoms with Crippen LogP contribution in [0.4, 0.5) is 4.39 Å². The fourth-order valence-electron chi connectivity index (χ4n) is 3.24. The molecular weight excluding hydrogens is 349 g/mol. The van der Waals surface area contributed by atoms with Gasteiger partial charge in [0.2, 0.25) is 17.7 Å². The maximum absolute atomic E-state index is 13.0. The summed E-state index contributed by atoms with van der Waals surface area (Å²) in [6, 6.07) is 6.30. The van der Waals surface area contributed by atoms with Crippen LogP contribution in [0.2, 0.25) is 0 Å². The van der Waals surface area contributed by atoms with Gasteiger partial charge in [-0.3, -0.25) is 14.6 Å². The van der Waals surface area contributed by atoms with Gasteiger partial charge in [0, 0.05) is 37.8 Å². The average molecular weight is 373 g/mol. The fourth-order valence-corrected chi connectivity index (χ4v) is 3.24. The first-order valence-corrected chi connectivity index (χ1v) is 9.43. The number of carbonyl (C=O) groups excluding carboxylic acids is 1. The standard InChI is InChI=1S/C19H24FN5O2/c1-13(18(26)21-16-6-7-16)25-10-8-24(9-11-25)12-17-22-23-19(27-17)14-2-4-15(20)5-3-14/h2-5,13,16H,6-12H2,1H3,(H,21,26)/t13-/m0/s1. The second-order valence-corrected chi connectivity index (χ2v) is 7.28. The summed E-state index contributed by atoms with van der Waals surface area (Å²) in [6.45, 7) is 5.89. The minimum atomic E-state index is -0.295. The first-order valence-electron chi connectivity index (χ1n) is 9.43. The van der Waals surface area contributed by atoms with Crippen molar-refractivity contribution < 1.29 is 13.6 Å². The topological polar surface area (TPSA) is 74.5 Å². The van der Waals surface area contributed by atoms with Gasteiger partial charge in [-0.15, -0.1) is 10.2 Å². The molecule has 0 unspecified atom stereocenters. The third-order valence-corrected chi connectivity index (χ3v) is 5.17. The summed E-state index contributed by atoms with van der Waals surface area (Å²) in [6.07, 6.45) is 2.21. The van der Waals surface area contributed by atoms with Gasteiger partial charge in [-0.05, 0) is 44.0 Å². The quantitative estimate of drug-likeness (QED) is 0.830. The lowest BCUT2D eigenvalue weighted by molar-refractivity contribution is -0.126. The molecule has 2 aliphatic rings. The largest absolute Gasteiger partial charge is 0.419 e. The van der Waals surface area contributed by atoms with E-state index in [9.17, 15) is 9.18 Å². The van der Waals surface area contributed by atoms with E-state index in [1.54, 1.807) is 12.1 Å². The Labute approximate surface area is 157 Å². The van der Waals surface area contributed by atoms with Gasteiger partial charge >= 0.3 is 0 Å². The van der Waals surface area contributed by atoms with Crippen molar-refractivity contribution in [2.75, 3.05) is 26.2 Å². The van der Waals surface area contributed by atoms with Crippen LogP contribution in [0.25, 0.3) is 11.5 Å². The minimum Gasteiger partial charge on any atom is -0.419 e. The number of amides is 1. The molecule has 2 heterocycles. The Morgan fingerprint density at radius 1 is 1.22 bits per heavy atom. The summed E-state index contributed by atoms with van der Waals surface area (Å²) in [7, 11) is 0. The number of aromatic nitrogens is 2. The molecule has 1 atom stereocenters. The zero-order valence-corrected chi connectivity index (χ0v) is 15.4. The number of halogens is 1. The normalized spacial score (nSPS) is 19.8. The van der Waals surface area contributed by atoms with E-state index >= 15 is 0 Å². The molecule has 7 nitrogen and oxygen atoms in total. The number of nitrogens with one attached hydrogen (secondary N) is 1. The molecule has 0 radical (unpaired) electrons. The molecule has 1 amide bonds. The molecule has 1 saturated carbocycles. The second-order valence-electron chi connectivity index (χ2n) is 7.28. The molecule has 144 valence electrons. The highest BCUT2D eigenvalue weighted by molar-refractivity contribution is 5.81. The summed E-state index contributed by atoms with van der Waals surface area (Å²) in [5, 5.41) is 11.2.